The van der Waals surface area contributed by atoms with Crippen LogP contribution in [-0.4, -0.2) is 50.3 Å². The SMILES string of the molecule is O=C(O)[C@H]1Cc2ccccc2CN1C(=O)[C@@H]1CC(=O)N(Cc2ccccn2)C1. The van der Waals surface area contributed by atoms with Gasteiger partial charge < -0.3 is 14.9 Å². The normalized spacial score (nSPS) is 21.5. The molecular formula is C21H21N3O4. The average Bonchev–Trinajstić information content (AvgIpc) is 3.07. The molecule has 7 heteroatoms. The van der Waals surface area contributed by atoms with Crippen LogP contribution in [0.5, 0.6) is 0 Å². The summed E-state index contributed by atoms with van der Waals surface area (Å²) in [6.45, 7) is 0.907. The lowest BCUT2D eigenvalue weighted by Gasteiger charge is -2.35. The predicted octanol–water partition coefficient (Wildman–Crippen LogP) is 1.47. The summed E-state index contributed by atoms with van der Waals surface area (Å²) in [6.07, 6.45) is 2.06. The molecule has 3 heterocycles. The molecule has 2 amide bonds. The lowest BCUT2D eigenvalue weighted by Crippen LogP contribution is -2.51. The Kier molecular flexibility index (Phi) is 4.81. The van der Waals surface area contributed by atoms with Crippen LogP contribution in [0.2, 0.25) is 0 Å². The van der Waals surface area contributed by atoms with Crippen molar-refractivity contribution in [2.75, 3.05) is 6.54 Å². The van der Waals surface area contributed by atoms with E-state index in [2.05, 4.69) is 4.98 Å². The molecule has 0 unspecified atom stereocenters. The molecule has 28 heavy (non-hydrogen) atoms. The van der Waals surface area contributed by atoms with E-state index >= 15 is 0 Å². The number of aliphatic carboxylic acids is 1. The van der Waals surface area contributed by atoms with Crippen LogP contribution in [-0.2, 0) is 33.9 Å². The molecule has 2 atom stereocenters. The standard InChI is InChI=1S/C21H21N3O4/c25-19-10-16(11-23(19)13-17-7-3-4-8-22-17)20(26)24-12-15-6-2-1-5-14(15)9-18(24)21(27)28/h1-8,16,18H,9-13H2,(H,27,28)/t16-,18-/m1/s1. The molecule has 7 nitrogen and oxygen atoms in total. The minimum absolute atomic E-state index is 0.103. The van der Waals surface area contributed by atoms with E-state index in [1.165, 1.54) is 4.90 Å². The molecule has 4 rings (SSSR count). The smallest absolute Gasteiger partial charge is 0.326 e. The summed E-state index contributed by atoms with van der Waals surface area (Å²) < 4.78 is 0. The van der Waals surface area contributed by atoms with Crippen LogP contribution in [0.15, 0.2) is 48.7 Å². The summed E-state index contributed by atoms with van der Waals surface area (Å²) in [5.41, 5.74) is 2.68. The zero-order chi connectivity index (χ0) is 19.7. The summed E-state index contributed by atoms with van der Waals surface area (Å²) >= 11 is 0. The lowest BCUT2D eigenvalue weighted by atomic mass is 9.92. The number of carbonyl (C=O) groups excluding carboxylic acids is 2. The molecule has 2 aliphatic rings. The maximum atomic E-state index is 13.1. The fraction of sp³-hybridized carbons (Fsp3) is 0.333. The molecule has 0 spiro atoms. The van der Waals surface area contributed by atoms with Crippen LogP contribution >= 0.6 is 0 Å². The largest absolute Gasteiger partial charge is 0.480 e. The van der Waals surface area contributed by atoms with E-state index in [1.54, 1.807) is 11.1 Å². The van der Waals surface area contributed by atoms with Crippen LogP contribution in [0.4, 0.5) is 0 Å². The van der Waals surface area contributed by atoms with Gasteiger partial charge in [0.15, 0.2) is 0 Å². The highest BCUT2D eigenvalue weighted by Gasteiger charge is 2.41. The molecule has 1 aromatic heterocycles. The molecule has 1 aromatic carbocycles. The number of nitrogens with zero attached hydrogens (tertiary/aromatic N) is 3. The number of likely N-dealkylation sites (tertiary alicyclic amines) is 1. The molecule has 0 saturated carbocycles. The molecule has 2 aromatic rings. The number of benzene rings is 1. The number of aromatic nitrogens is 1. The van der Waals surface area contributed by atoms with Gasteiger partial charge in [-0.25, -0.2) is 4.79 Å². The first-order chi connectivity index (χ1) is 13.5. The minimum Gasteiger partial charge on any atom is -0.480 e. The first kappa shape index (κ1) is 18.2. The Hall–Kier alpha value is -3.22. The molecule has 2 aliphatic heterocycles. The van der Waals surface area contributed by atoms with Crippen LogP contribution < -0.4 is 0 Å². The molecule has 0 aliphatic carbocycles. The number of rotatable bonds is 4. The Morgan fingerprint density at radius 2 is 1.82 bits per heavy atom. The van der Waals surface area contributed by atoms with Gasteiger partial charge in [-0.1, -0.05) is 30.3 Å². The number of fused-ring (bicyclic) bond motifs is 1. The second-order valence-electron chi connectivity index (χ2n) is 7.29. The number of carbonyl (C=O) groups is 3. The van der Waals surface area contributed by atoms with E-state index < -0.39 is 17.9 Å². The van der Waals surface area contributed by atoms with Gasteiger partial charge in [0.25, 0.3) is 0 Å². The third-order valence-corrected chi connectivity index (χ3v) is 5.46. The van der Waals surface area contributed by atoms with Crippen molar-refractivity contribution in [3.05, 3.63) is 65.5 Å². The summed E-state index contributed by atoms with van der Waals surface area (Å²) in [4.78, 5) is 44.6. The maximum Gasteiger partial charge on any atom is 0.326 e. The van der Waals surface area contributed by atoms with Crippen molar-refractivity contribution >= 4 is 17.8 Å². The Morgan fingerprint density at radius 1 is 1.07 bits per heavy atom. The summed E-state index contributed by atoms with van der Waals surface area (Å²) in [5, 5.41) is 9.65. The van der Waals surface area contributed by atoms with Crippen LogP contribution in [0.1, 0.15) is 23.2 Å². The number of hydrogen-bond donors (Lipinski definition) is 1. The van der Waals surface area contributed by atoms with Gasteiger partial charge in [-0.15, -0.1) is 0 Å². The minimum atomic E-state index is -1.02. The van der Waals surface area contributed by atoms with Crippen molar-refractivity contribution < 1.29 is 19.5 Å². The predicted molar refractivity (Wildman–Crippen MR) is 99.9 cm³/mol. The third kappa shape index (κ3) is 3.47. The first-order valence-corrected chi connectivity index (χ1v) is 9.30. The molecule has 0 radical (unpaired) electrons. The van der Waals surface area contributed by atoms with Gasteiger partial charge in [0.2, 0.25) is 11.8 Å². The monoisotopic (exact) mass is 379 g/mol. The number of carboxylic acid groups (broad SMARTS) is 1. The van der Waals surface area contributed by atoms with Gasteiger partial charge in [0, 0.05) is 32.1 Å². The maximum absolute atomic E-state index is 13.1. The van der Waals surface area contributed by atoms with Crippen LogP contribution in [0.3, 0.4) is 0 Å². The van der Waals surface area contributed by atoms with Gasteiger partial charge in [0.05, 0.1) is 18.2 Å². The van der Waals surface area contributed by atoms with E-state index in [0.717, 1.165) is 16.8 Å². The van der Waals surface area contributed by atoms with Crippen molar-refractivity contribution in [1.29, 1.82) is 0 Å². The molecule has 1 saturated heterocycles. The molecule has 1 N–H and O–H groups in total. The Labute approximate surface area is 162 Å². The van der Waals surface area contributed by atoms with E-state index in [4.69, 9.17) is 0 Å². The van der Waals surface area contributed by atoms with E-state index in [-0.39, 0.29) is 31.2 Å². The topological polar surface area (TPSA) is 90.8 Å². The lowest BCUT2D eigenvalue weighted by molar-refractivity contribution is -0.153. The average molecular weight is 379 g/mol. The van der Waals surface area contributed by atoms with Crippen LogP contribution in [0, 0.1) is 5.92 Å². The van der Waals surface area contributed by atoms with E-state index in [9.17, 15) is 19.5 Å². The van der Waals surface area contributed by atoms with Crippen molar-refractivity contribution in [3.8, 4) is 0 Å². The Balaban J connectivity index is 1.50. The number of pyridine rings is 1. The quantitative estimate of drug-likeness (QED) is 0.869. The second-order valence-corrected chi connectivity index (χ2v) is 7.29. The van der Waals surface area contributed by atoms with Gasteiger partial charge in [-0.05, 0) is 23.3 Å². The third-order valence-electron chi connectivity index (χ3n) is 5.46. The molecule has 1 fully saturated rings. The van der Waals surface area contributed by atoms with Gasteiger partial charge >= 0.3 is 5.97 Å². The van der Waals surface area contributed by atoms with Crippen LogP contribution in [0.25, 0.3) is 0 Å². The summed E-state index contributed by atoms with van der Waals surface area (Å²) in [6, 6.07) is 12.2. The number of carboxylic acids is 1. The second kappa shape index (κ2) is 7.42. The van der Waals surface area contributed by atoms with Crippen molar-refractivity contribution in [3.63, 3.8) is 0 Å². The van der Waals surface area contributed by atoms with Gasteiger partial charge in [0.1, 0.15) is 6.04 Å². The molecular weight excluding hydrogens is 358 g/mol. The molecule has 0 bridgehead atoms. The van der Waals surface area contributed by atoms with Crippen molar-refractivity contribution in [2.45, 2.75) is 32.0 Å². The van der Waals surface area contributed by atoms with Gasteiger partial charge in [-0.2, -0.15) is 0 Å². The van der Waals surface area contributed by atoms with Crippen molar-refractivity contribution in [2.24, 2.45) is 5.92 Å². The van der Waals surface area contributed by atoms with Crippen molar-refractivity contribution in [1.82, 2.24) is 14.8 Å². The fourth-order valence-corrected chi connectivity index (χ4v) is 3.99. The number of hydrogen-bond acceptors (Lipinski definition) is 4. The Bertz CT molecular complexity index is 915. The highest BCUT2D eigenvalue weighted by molar-refractivity contribution is 5.91. The Morgan fingerprint density at radius 3 is 2.54 bits per heavy atom. The highest BCUT2D eigenvalue weighted by atomic mass is 16.4. The van der Waals surface area contributed by atoms with E-state index in [0.29, 0.717) is 13.1 Å². The highest BCUT2D eigenvalue weighted by Crippen LogP contribution is 2.28. The molecule has 144 valence electrons. The number of amides is 2. The van der Waals surface area contributed by atoms with Gasteiger partial charge in [-0.3, -0.25) is 14.6 Å². The van der Waals surface area contributed by atoms with E-state index in [1.807, 2.05) is 42.5 Å². The zero-order valence-corrected chi connectivity index (χ0v) is 15.3. The zero-order valence-electron chi connectivity index (χ0n) is 15.3. The summed E-state index contributed by atoms with van der Waals surface area (Å²) in [5.74, 6) is -1.91. The first-order valence-electron chi connectivity index (χ1n) is 9.30. The summed E-state index contributed by atoms with van der Waals surface area (Å²) in [7, 11) is 0. The fourth-order valence-electron chi connectivity index (χ4n) is 3.99.